The molecule has 1 aromatic heterocycles. The zero-order valence-electron chi connectivity index (χ0n) is 8.05. The second kappa shape index (κ2) is 5.64. The number of pyridine rings is 1. The minimum Gasteiger partial charge on any atom is -0.370 e. The smallest absolute Gasteiger partial charge is 0.333 e. The summed E-state index contributed by atoms with van der Waals surface area (Å²) in [4.78, 5) is 4.03. The topological polar surface area (TPSA) is 91.3 Å². The van der Waals surface area contributed by atoms with Crippen LogP contribution >= 0.6 is 0 Å². The van der Waals surface area contributed by atoms with Crippen molar-refractivity contribution >= 4 is 16.1 Å². The molecule has 1 aromatic rings. The van der Waals surface area contributed by atoms with Crippen LogP contribution in [0.4, 0.5) is 5.82 Å². The molecule has 0 saturated heterocycles. The van der Waals surface area contributed by atoms with E-state index in [-0.39, 0.29) is 6.54 Å². The van der Waals surface area contributed by atoms with E-state index in [9.17, 15) is 8.42 Å². The molecule has 0 aromatic carbocycles. The number of hydrogen-bond donors (Lipinski definition) is 3. The molecule has 7 heteroatoms. The van der Waals surface area contributed by atoms with Gasteiger partial charge in [-0.05, 0) is 18.6 Å². The largest absolute Gasteiger partial charge is 0.370 e. The summed E-state index contributed by atoms with van der Waals surface area (Å²) in [5.74, 6) is 0.740. The molecule has 6 nitrogen and oxygen atoms in total. The molecule has 0 bridgehead atoms. The number of rotatable bonds is 6. The van der Waals surface area contributed by atoms with Crippen molar-refractivity contribution in [1.29, 1.82) is 0 Å². The first-order valence-electron chi connectivity index (χ1n) is 4.45. The third-order valence-corrected chi connectivity index (χ3v) is 2.18. The van der Waals surface area contributed by atoms with Crippen LogP contribution in [0.25, 0.3) is 0 Å². The van der Waals surface area contributed by atoms with Gasteiger partial charge in [0.15, 0.2) is 0 Å². The van der Waals surface area contributed by atoms with Crippen molar-refractivity contribution in [2.75, 3.05) is 18.4 Å². The van der Waals surface area contributed by atoms with Crippen LogP contribution in [0.3, 0.4) is 0 Å². The highest BCUT2D eigenvalue weighted by molar-refractivity contribution is 7.83. The summed E-state index contributed by atoms with van der Waals surface area (Å²) < 4.78 is 30.9. The van der Waals surface area contributed by atoms with Crippen molar-refractivity contribution in [3.05, 3.63) is 24.4 Å². The lowest BCUT2D eigenvalue weighted by Crippen LogP contribution is -2.25. The SMILES string of the molecule is O=S(=O)(O)NCCCNc1ccccn1. The van der Waals surface area contributed by atoms with Gasteiger partial charge in [0, 0.05) is 19.3 Å². The van der Waals surface area contributed by atoms with Gasteiger partial charge in [0.2, 0.25) is 0 Å². The van der Waals surface area contributed by atoms with E-state index in [2.05, 4.69) is 10.3 Å². The van der Waals surface area contributed by atoms with Crippen molar-refractivity contribution in [3.8, 4) is 0 Å². The highest BCUT2D eigenvalue weighted by Crippen LogP contribution is 1.98. The summed E-state index contributed by atoms with van der Waals surface area (Å²) in [6.45, 7) is 0.776. The number of nitrogens with zero attached hydrogens (tertiary/aromatic N) is 1. The zero-order chi connectivity index (χ0) is 11.1. The van der Waals surface area contributed by atoms with Gasteiger partial charge in [-0.15, -0.1) is 0 Å². The van der Waals surface area contributed by atoms with E-state index >= 15 is 0 Å². The van der Waals surface area contributed by atoms with Gasteiger partial charge in [-0.25, -0.2) is 4.98 Å². The van der Waals surface area contributed by atoms with Gasteiger partial charge in [0.25, 0.3) is 0 Å². The Kier molecular flexibility index (Phi) is 4.47. The van der Waals surface area contributed by atoms with Crippen LogP contribution in [0.2, 0.25) is 0 Å². The molecule has 0 radical (unpaired) electrons. The molecule has 0 fully saturated rings. The highest BCUT2D eigenvalue weighted by Gasteiger charge is 2.00. The summed E-state index contributed by atoms with van der Waals surface area (Å²) in [6.07, 6.45) is 2.23. The molecule has 0 saturated carbocycles. The van der Waals surface area contributed by atoms with Crippen molar-refractivity contribution < 1.29 is 13.0 Å². The molecule has 3 N–H and O–H groups in total. The maximum Gasteiger partial charge on any atom is 0.333 e. The van der Waals surface area contributed by atoms with E-state index in [1.807, 2.05) is 22.9 Å². The standard InChI is InChI=1S/C8H13N3O3S/c12-15(13,14)11-7-3-6-10-8-4-1-2-5-9-8/h1-2,4-5,11H,3,6-7H2,(H,9,10)(H,12,13,14). The van der Waals surface area contributed by atoms with Crippen molar-refractivity contribution in [2.24, 2.45) is 0 Å². The van der Waals surface area contributed by atoms with Gasteiger partial charge in [-0.1, -0.05) is 6.07 Å². The molecular weight excluding hydrogens is 218 g/mol. The Balaban J connectivity index is 2.13. The minimum atomic E-state index is -4.06. The van der Waals surface area contributed by atoms with Crippen molar-refractivity contribution in [3.63, 3.8) is 0 Å². The van der Waals surface area contributed by atoms with Crippen molar-refractivity contribution in [1.82, 2.24) is 9.71 Å². The van der Waals surface area contributed by atoms with Crippen LogP contribution in [0.15, 0.2) is 24.4 Å². The second-order valence-electron chi connectivity index (χ2n) is 2.86. The molecule has 84 valence electrons. The first kappa shape index (κ1) is 11.9. The van der Waals surface area contributed by atoms with Gasteiger partial charge in [-0.3, -0.25) is 4.55 Å². The maximum absolute atomic E-state index is 10.3. The van der Waals surface area contributed by atoms with E-state index in [1.165, 1.54) is 0 Å². The van der Waals surface area contributed by atoms with E-state index in [0.29, 0.717) is 13.0 Å². The van der Waals surface area contributed by atoms with Gasteiger partial charge < -0.3 is 5.32 Å². The van der Waals surface area contributed by atoms with Crippen LogP contribution in [0.5, 0.6) is 0 Å². The Labute approximate surface area is 88.6 Å². The molecule has 0 aliphatic rings. The predicted molar refractivity (Wildman–Crippen MR) is 56.9 cm³/mol. The van der Waals surface area contributed by atoms with E-state index in [4.69, 9.17) is 4.55 Å². The lowest BCUT2D eigenvalue weighted by atomic mass is 10.4. The predicted octanol–water partition coefficient (Wildman–Crippen LogP) is 0.276. The number of nitrogens with one attached hydrogen (secondary N) is 2. The summed E-state index contributed by atoms with van der Waals surface area (Å²) >= 11 is 0. The van der Waals surface area contributed by atoms with Crippen LogP contribution < -0.4 is 10.0 Å². The average Bonchev–Trinajstić information content (AvgIpc) is 2.17. The van der Waals surface area contributed by atoms with Crippen LogP contribution in [-0.4, -0.2) is 31.0 Å². The highest BCUT2D eigenvalue weighted by atomic mass is 32.2. The van der Waals surface area contributed by atoms with E-state index in [0.717, 1.165) is 5.82 Å². The molecule has 0 spiro atoms. The minimum absolute atomic E-state index is 0.193. The van der Waals surface area contributed by atoms with E-state index in [1.54, 1.807) is 6.20 Å². The summed E-state index contributed by atoms with van der Waals surface area (Å²) in [6, 6.07) is 5.48. The zero-order valence-corrected chi connectivity index (χ0v) is 8.87. The third kappa shape index (κ3) is 6.00. The summed E-state index contributed by atoms with van der Waals surface area (Å²) in [5.41, 5.74) is 0. The van der Waals surface area contributed by atoms with Gasteiger partial charge in [-0.2, -0.15) is 13.1 Å². The Morgan fingerprint density at radius 1 is 1.33 bits per heavy atom. The van der Waals surface area contributed by atoms with Gasteiger partial charge in [0.1, 0.15) is 5.82 Å². The van der Waals surface area contributed by atoms with E-state index < -0.39 is 10.3 Å². The fraction of sp³-hybridized carbons (Fsp3) is 0.375. The number of anilines is 1. The first-order chi connectivity index (χ1) is 7.08. The Bertz CT molecular complexity index is 379. The first-order valence-corrected chi connectivity index (χ1v) is 5.89. The molecule has 0 amide bonds. The summed E-state index contributed by atoms with van der Waals surface area (Å²) in [5, 5.41) is 3.00. The van der Waals surface area contributed by atoms with Crippen LogP contribution in [0, 0.1) is 0 Å². The summed E-state index contributed by atoms with van der Waals surface area (Å²) in [7, 11) is -4.06. The monoisotopic (exact) mass is 231 g/mol. The molecule has 0 aliphatic heterocycles. The van der Waals surface area contributed by atoms with Crippen LogP contribution in [0.1, 0.15) is 6.42 Å². The number of hydrogen-bond acceptors (Lipinski definition) is 4. The third-order valence-electron chi connectivity index (χ3n) is 1.61. The molecule has 0 aliphatic carbocycles. The fourth-order valence-corrected chi connectivity index (χ4v) is 1.38. The lowest BCUT2D eigenvalue weighted by molar-refractivity contribution is 0.467. The Morgan fingerprint density at radius 3 is 2.73 bits per heavy atom. The lowest BCUT2D eigenvalue weighted by Gasteiger charge is -2.04. The maximum atomic E-state index is 10.3. The van der Waals surface area contributed by atoms with Crippen molar-refractivity contribution in [2.45, 2.75) is 6.42 Å². The quantitative estimate of drug-likeness (QED) is 0.483. The number of aromatic nitrogens is 1. The fourth-order valence-electron chi connectivity index (χ4n) is 0.973. The normalized spacial score (nSPS) is 11.3. The molecule has 1 rings (SSSR count). The molecular formula is C8H13N3O3S. The van der Waals surface area contributed by atoms with Gasteiger partial charge >= 0.3 is 10.3 Å². The molecule has 0 atom stereocenters. The molecule has 1 heterocycles. The second-order valence-corrected chi connectivity index (χ2v) is 4.10. The Hall–Kier alpha value is -1.18. The molecule has 0 unspecified atom stereocenters. The molecule has 15 heavy (non-hydrogen) atoms. The van der Waals surface area contributed by atoms with Crippen LogP contribution in [-0.2, 0) is 10.3 Å². The van der Waals surface area contributed by atoms with Gasteiger partial charge in [0.05, 0.1) is 0 Å². The Morgan fingerprint density at radius 2 is 2.13 bits per heavy atom. The average molecular weight is 231 g/mol.